The van der Waals surface area contributed by atoms with E-state index < -0.39 is 0 Å². The largest absolute Gasteiger partial charge is 0.488 e. The van der Waals surface area contributed by atoms with Crippen molar-refractivity contribution in [2.24, 2.45) is 0 Å². The standard InChI is InChI=1S/C19H12N2O/c20-11-16-9-15-7-4-8-19(18(15)10-17(16)12-21)22-13-14-5-2-1-3-6-14/h1-10H,13H2. The van der Waals surface area contributed by atoms with Crippen molar-refractivity contribution >= 4 is 10.8 Å². The van der Waals surface area contributed by atoms with Gasteiger partial charge in [-0.3, -0.25) is 0 Å². The fourth-order valence-corrected chi connectivity index (χ4v) is 2.34. The van der Waals surface area contributed by atoms with Crippen molar-refractivity contribution in [3.8, 4) is 17.9 Å². The van der Waals surface area contributed by atoms with Crippen LogP contribution >= 0.6 is 0 Å². The molecule has 0 saturated carbocycles. The summed E-state index contributed by atoms with van der Waals surface area (Å²) in [5.41, 5.74) is 1.83. The highest BCUT2D eigenvalue weighted by molar-refractivity contribution is 5.90. The predicted octanol–water partition coefficient (Wildman–Crippen LogP) is 4.16. The third kappa shape index (κ3) is 2.61. The van der Waals surface area contributed by atoms with Gasteiger partial charge < -0.3 is 4.74 Å². The molecular formula is C19H12N2O. The molecule has 0 saturated heterocycles. The van der Waals surface area contributed by atoms with Crippen LogP contribution in [0.4, 0.5) is 0 Å². The molecule has 0 N–H and O–H groups in total. The Morgan fingerprint density at radius 3 is 2.27 bits per heavy atom. The topological polar surface area (TPSA) is 56.8 Å². The van der Waals surface area contributed by atoms with Crippen molar-refractivity contribution in [3.63, 3.8) is 0 Å². The summed E-state index contributed by atoms with van der Waals surface area (Å²) >= 11 is 0. The number of nitriles is 2. The summed E-state index contributed by atoms with van der Waals surface area (Å²) in [5.74, 6) is 0.711. The third-order valence-electron chi connectivity index (χ3n) is 3.46. The first-order valence-electron chi connectivity index (χ1n) is 6.85. The maximum Gasteiger partial charge on any atom is 0.127 e. The van der Waals surface area contributed by atoms with E-state index in [0.717, 1.165) is 16.3 Å². The van der Waals surface area contributed by atoms with Crippen molar-refractivity contribution < 1.29 is 4.74 Å². The molecule has 3 nitrogen and oxygen atoms in total. The lowest BCUT2D eigenvalue weighted by Gasteiger charge is -2.10. The van der Waals surface area contributed by atoms with E-state index in [1.54, 1.807) is 12.1 Å². The molecule has 3 heteroatoms. The number of benzene rings is 3. The molecule has 3 aromatic rings. The molecular weight excluding hydrogens is 272 g/mol. The van der Waals surface area contributed by atoms with Gasteiger partial charge >= 0.3 is 0 Å². The van der Waals surface area contributed by atoms with Crippen LogP contribution in [0.25, 0.3) is 10.8 Å². The molecule has 0 aliphatic carbocycles. The summed E-state index contributed by atoms with van der Waals surface area (Å²) in [5, 5.41) is 20.0. The summed E-state index contributed by atoms with van der Waals surface area (Å²) in [6, 6.07) is 23.1. The van der Waals surface area contributed by atoms with E-state index in [1.807, 2.05) is 48.5 Å². The van der Waals surface area contributed by atoms with E-state index in [-0.39, 0.29) is 0 Å². The number of nitrogens with zero attached hydrogens (tertiary/aromatic N) is 2. The third-order valence-corrected chi connectivity index (χ3v) is 3.46. The second kappa shape index (κ2) is 5.99. The molecule has 3 aromatic carbocycles. The fourth-order valence-electron chi connectivity index (χ4n) is 2.34. The van der Waals surface area contributed by atoms with Crippen LogP contribution in [0.5, 0.6) is 5.75 Å². The van der Waals surface area contributed by atoms with E-state index in [1.165, 1.54) is 0 Å². The first-order chi connectivity index (χ1) is 10.8. The van der Waals surface area contributed by atoms with E-state index in [9.17, 15) is 0 Å². The van der Waals surface area contributed by atoms with Gasteiger partial charge in [0.2, 0.25) is 0 Å². The average Bonchev–Trinajstić information content (AvgIpc) is 2.59. The minimum absolute atomic E-state index is 0.366. The minimum Gasteiger partial charge on any atom is -0.488 e. The van der Waals surface area contributed by atoms with Gasteiger partial charge in [-0.25, -0.2) is 0 Å². The molecule has 0 radical (unpaired) electrons. The number of fused-ring (bicyclic) bond motifs is 1. The Kier molecular flexibility index (Phi) is 3.72. The zero-order chi connectivity index (χ0) is 15.4. The van der Waals surface area contributed by atoms with E-state index in [0.29, 0.717) is 23.5 Å². The molecule has 0 aromatic heterocycles. The quantitative estimate of drug-likeness (QED) is 0.725. The van der Waals surface area contributed by atoms with Crippen LogP contribution in [-0.2, 0) is 6.61 Å². The number of rotatable bonds is 3. The van der Waals surface area contributed by atoms with E-state index in [2.05, 4.69) is 12.1 Å². The lowest BCUT2D eigenvalue weighted by molar-refractivity contribution is 0.310. The van der Waals surface area contributed by atoms with Crippen molar-refractivity contribution in [3.05, 3.63) is 77.4 Å². The molecule has 104 valence electrons. The molecule has 0 fully saturated rings. The Bertz CT molecular complexity index is 902. The Hall–Kier alpha value is -3.30. The molecule has 0 atom stereocenters. The maximum atomic E-state index is 9.17. The van der Waals surface area contributed by atoms with Crippen LogP contribution in [0.3, 0.4) is 0 Å². The lowest BCUT2D eigenvalue weighted by Crippen LogP contribution is -1.96. The lowest BCUT2D eigenvalue weighted by atomic mass is 10.0. The van der Waals surface area contributed by atoms with Gasteiger partial charge in [-0.1, -0.05) is 42.5 Å². The van der Waals surface area contributed by atoms with Gasteiger partial charge in [0.15, 0.2) is 0 Å². The molecule has 0 aliphatic rings. The first kappa shape index (κ1) is 13.7. The molecule has 0 bridgehead atoms. The number of hydrogen-bond acceptors (Lipinski definition) is 3. The average molecular weight is 284 g/mol. The molecule has 3 rings (SSSR count). The molecule has 0 spiro atoms. The van der Waals surface area contributed by atoms with Gasteiger partial charge in [-0.15, -0.1) is 0 Å². The highest BCUT2D eigenvalue weighted by Gasteiger charge is 2.08. The summed E-state index contributed by atoms with van der Waals surface area (Å²) in [4.78, 5) is 0. The second-order valence-corrected chi connectivity index (χ2v) is 4.87. The number of hydrogen-bond donors (Lipinski definition) is 0. The van der Waals surface area contributed by atoms with Crippen LogP contribution in [0.2, 0.25) is 0 Å². The summed E-state index contributed by atoms with van der Waals surface area (Å²) in [7, 11) is 0. The highest BCUT2D eigenvalue weighted by atomic mass is 16.5. The smallest absolute Gasteiger partial charge is 0.127 e. The maximum absolute atomic E-state index is 9.17. The normalized spacial score (nSPS) is 9.91. The van der Waals surface area contributed by atoms with E-state index >= 15 is 0 Å². The first-order valence-corrected chi connectivity index (χ1v) is 6.85. The van der Waals surface area contributed by atoms with Crippen molar-refractivity contribution in [2.45, 2.75) is 6.61 Å². The summed E-state index contributed by atoms with van der Waals surface area (Å²) in [6.07, 6.45) is 0. The van der Waals surface area contributed by atoms with Gasteiger partial charge in [0.05, 0.1) is 11.1 Å². The van der Waals surface area contributed by atoms with Crippen LogP contribution in [-0.4, -0.2) is 0 Å². The summed E-state index contributed by atoms with van der Waals surface area (Å²) in [6.45, 7) is 0.460. The second-order valence-electron chi connectivity index (χ2n) is 4.87. The fraction of sp³-hybridized carbons (Fsp3) is 0.0526. The van der Waals surface area contributed by atoms with E-state index in [4.69, 9.17) is 15.3 Å². The van der Waals surface area contributed by atoms with Crippen molar-refractivity contribution in [1.82, 2.24) is 0 Å². The Morgan fingerprint density at radius 1 is 0.818 bits per heavy atom. The van der Waals surface area contributed by atoms with Gasteiger partial charge in [-0.2, -0.15) is 10.5 Å². The van der Waals surface area contributed by atoms with Crippen LogP contribution in [0.1, 0.15) is 16.7 Å². The highest BCUT2D eigenvalue weighted by Crippen LogP contribution is 2.29. The molecule has 22 heavy (non-hydrogen) atoms. The Morgan fingerprint density at radius 2 is 1.55 bits per heavy atom. The molecule has 0 aliphatic heterocycles. The van der Waals surface area contributed by atoms with Gasteiger partial charge in [0, 0.05) is 5.39 Å². The van der Waals surface area contributed by atoms with Gasteiger partial charge in [0.1, 0.15) is 24.5 Å². The van der Waals surface area contributed by atoms with Gasteiger partial charge in [0.25, 0.3) is 0 Å². The SMILES string of the molecule is N#Cc1cc2cccc(OCc3ccccc3)c2cc1C#N. The zero-order valence-corrected chi connectivity index (χ0v) is 11.8. The Balaban J connectivity index is 2.00. The molecule has 0 amide bonds. The van der Waals surface area contributed by atoms with Crippen LogP contribution in [0, 0.1) is 22.7 Å². The minimum atomic E-state index is 0.366. The molecule has 0 unspecified atom stereocenters. The van der Waals surface area contributed by atoms with Gasteiger partial charge in [-0.05, 0) is 29.1 Å². The molecule has 0 heterocycles. The Labute approximate surface area is 128 Å². The van der Waals surface area contributed by atoms with Crippen molar-refractivity contribution in [1.29, 1.82) is 10.5 Å². The number of ether oxygens (including phenoxy) is 1. The monoisotopic (exact) mass is 284 g/mol. The zero-order valence-electron chi connectivity index (χ0n) is 11.8. The predicted molar refractivity (Wildman–Crippen MR) is 84.2 cm³/mol. The van der Waals surface area contributed by atoms with Crippen LogP contribution in [0.15, 0.2) is 60.7 Å². The summed E-state index contributed by atoms with van der Waals surface area (Å²) < 4.78 is 5.89. The van der Waals surface area contributed by atoms with Crippen molar-refractivity contribution in [2.75, 3.05) is 0 Å². The van der Waals surface area contributed by atoms with Crippen LogP contribution < -0.4 is 4.74 Å².